The third-order valence-electron chi connectivity index (χ3n) is 6.12. The SMILES string of the molecule is CC(C)(Oc1ccc(CCN(Cc2ccc(C(F)(F)F)cc2C(F)(F)F)c2nc(C(C)(C)C)cs2)cc1)C(=O)O. The molecule has 0 saturated heterocycles. The molecule has 12 heteroatoms. The Balaban J connectivity index is 1.91. The van der Waals surface area contributed by atoms with Crippen LogP contribution in [-0.2, 0) is 35.5 Å². The Kier molecular flexibility index (Phi) is 8.83. The molecule has 1 N–H and O–H groups in total. The number of hydrogen-bond donors (Lipinski definition) is 1. The van der Waals surface area contributed by atoms with Crippen LogP contribution in [0.15, 0.2) is 47.8 Å². The fraction of sp³-hybridized carbons (Fsp3) is 0.429. The fourth-order valence-electron chi connectivity index (χ4n) is 3.68. The largest absolute Gasteiger partial charge is 0.478 e. The molecule has 1 aromatic heterocycles. The average Bonchev–Trinajstić information content (AvgIpc) is 3.32. The molecule has 0 atom stereocenters. The first-order valence-corrected chi connectivity index (χ1v) is 13.1. The maximum Gasteiger partial charge on any atom is 0.416 e. The summed E-state index contributed by atoms with van der Waals surface area (Å²) in [5, 5.41) is 11.5. The van der Waals surface area contributed by atoms with Crippen molar-refractivity contribution in [2.24, 2.45) is 0 Å². The highest BCUT2D eigenvalue weighted by Crippen LogP contribution is 2.38. The smallest absolute Gasteiger partial charge is 0.416 e. The lowest BCUT2D eigenvalue weighted by Crippen LogP contribution is -2.37. The topological polar surface area (TPSA) is 62.7 Å². The molecule has 3 aromatic rings. The van der Waals surface area contributed by atoms with Crippen molar-refractivity contribution in [3.63, 3.8) is 0 Å². The van der Waals surface area contributed by atoms with Gasteiger partial charge in [-0.15, -0.1) is 11.3 Å². The Morgan fingerprint density at radius 3 is 2.08 bits per heavy atom. The molecule has 218 valence electrons. The van der Waals surface area contributed by atoms with Crippen LogP contribution in [0.25, 0.3) is 0 Å². The van der Waals surface area contributed by atoms with Crippen molar-refractivity contribution < 1.29 is 41.0 Å². The lowest BCUT2D eigenvalue weighted by molar-refractivity contribution is -0.152. The summed E-state index contributed by atoms with van der Waals surface area (Å²) in [6.45, 7) is 8.58. The van der Waals surface area contributed by atoms with Crippen molar-refractivity contribution in [1.29, 1.82) is 0 Å². The van der Waals surface area contributed by atoms with Gasteiger partial charge in [-0.25, -0.2) is 9.78 Å². The number of carboxylic acid groups (broad SMARTS) is 1. The zero-order valence-corrected chi connectivity index (χ0v) is 23.4. The highest BCUT2D eigenvalue weighted by molar-refractivity contribution is 7.13. The van der Waals surface area contributed by atoms with Crippen LogP contribution in [0.1, 0.15) is 62.6 Å². The standard InChI is InChI=1S/C28H30F6N2O3S/c1-25(2,3)22-16-40-24(35-22)36(13-12-17-6-10-20(11-7-17)39-26(4,5)23(37)38)15-18-8-9-19(27(29,30)31)14-21(18)28(32,33)34/h6-11,14,16H,12-13,15H2,1-5H3,(H,37,38). The molecule has 0 unspecified atom stereocenters. The molecule has 0 aliphatic heterocycles. The fourth-order valence-corrected chi connectivity index (χ4v) is 4.76. The Hall–Kier alpha value is -3.28. The van der Waals surface area contributed by atoms with Gasteiger partial charge in [0.05, 0.1) is 16.8 Å². The molecule has 0 spiro atoms. The number of aromatic nitrogens is 1. The van der Waals surface area contributed by atoms with Crippen LogP contribution in [-0.4, -0.2) is 28.2 Å². The van der Waals surface area contributed by atoms with Gasteiger partial charge in [-0.05, 0) is 55.7 Å². The molecular weight excluding hydrogens is 558 g/mol. The Morgan fingerprint density at radius 2 is 1.57 bits per heavy atom. The molecule has 0 fully saturated rings. The van der Waals surface area contributed by atoms with Crippen molar-refractivity contribution in [3.05, 3.63) is 75.8 Å². The number of carboxylic acids is 1. The molecule has 0 aliphatic carbocycles. The third-order valence-corrected chi connectivity index (χ3v) is 7.02. The number of halogens is 6. The summed E-state index contributed by atoms with van der Waals surface area (Å²) in [5.74, 6) is -0.797. The summed E-state index contributed by atoms with van der Waals surface area (Å²) in [6, 6.07) is 8.30. The lowest BCUT2D eigenvalue weighted by atomic mass is 9.93. The van der Waals surface area contributed by atoms with E-state index in [4.69, 9.17) is 4.74 Å². The number of thiazole rings is 1. The van der Waals surface area contributed by atoms with Gasteiger partial charge in [0.1, 0.15) is 5.75 Å². The van der Waals surface area contributed by atoms with E-state index in [2.05, 4.69) is 4.98 Å². The highest BCUT2D eigenvalue weighted by Gasteiger charge is 2.38. The normalized spacial score (nSPS) is 12.9. The van der Waals surface area contributed by atoms with Gasteiger partial charge < -0.3 is 14.7 Å². The van der Waals surface area contributed by atoms with E-state index in [9.17, 15) is 36.2 Å². The summed E-state index contributed by atoms with van der Waals surface area (Å²) in [6.07, 6.45) is -9.53. The molecular formula is C28H30F6N2O3S. The highest BCUT2D eigenvalue weighted by atomic mass is 32.1. The number of hydrogen-bond acceptors (Lipinski definition) is 5. The Bertz CT molecular complexity index is 1330. The van der Waals surface area contributed by atoms with Crippen LogP contribution < -0.4 is 9.64 Å². The van der Waals surface area contributed by atoms with E-state index < -0.39 is 35.0 Å². The van der Waals surface area contributed by atoms with Crippen LogP contribution in [0.4, 0.5) is 31.5 Å². The van der Waals surface area contributed by atoms with E-state index in [-0.39, 0.29) is 30.1 Å². The molecule has 1 heterocycles. The molecule has 0 saturated carbocycles. The zero-order valence-electron chi connectivity index (χ0n) is 22.6. The second kappa shape index (κ2) is 11.3. The number of benzene rings is 2. The number of anilines is 1. The quantitative estimate of drug-likeness (QED) is 0.257. The monoisotopic (exact) mass is 588 g/mol. The van der Waals surface area contributed by atoms with E-state index in [0.717, 1.165) is 17.3 Å². The maximum absolute atomic E-state index is 13.8. The lowest BCUT2D eigenvalue weighted by Gasteiger charge is -2.25. The number of ether oxygens (including phenoxy) is 1. The predicted octanol–water partition coefficient (Wildman–Crippen LogP) is 7.97. The first-order valence-electron chi connectivity index (χ1n) is 12.3. The summed E-state index contributed by atoms with van der Waals surface area (Å²) < 4.78 is 86.5. The van der Waals surface area contributed by atoms with Crippen molar-refractivity contribution in [2.45, 2.75) is 71.0 Å². The van der Waals surface area contributed by atoms with Gasteiger partial charge in [0.15, 0.2) is 10.7 Å². The van der Waals surface area contributed by atoms with E-state index in [0.29, 0.717) is 23.4 Å². The van der Waals surface area contributed by atoms with Crippen LogP contribution in [0.2, 0.25) is 0 Å². The molecule has 0 aliphatic rings. The van der Waals surface area contributed by atoms with Gasteiger partial charge in [-0.2, -0.15) is 26.3 Å². The minimum Gasteiger partial charge on any atom is -0.478 e. The van der Waals surface area contributed by atoms with Crippen molar-refractivity contribution >= 4 is 22.4 Å². The van der Waals surface area contributed by atoms with E-state index in [1.807, 2.05) is 26.2 Å². The number of nitrogens with zero attached hydrogens (tertiary/aromatic N) is 2. The molecule has 0 bridgehead atoms. The van der Waals surface area contributed by atoms with E-state index in [1.165, 1.54) is 25.2 Å². The zero-order chi connectivity index (χ0) is 30.1. The minimum absolute atomic E-state index is 0.146. The molecule has 0 radical (unpaired) electrons. The maximum atomic E-state index is 13.8. The van der Waals surface area contributed by atoms with Crippen LogP contribution in [0.3, 0.4) is 0 Å². The molecule has 0 amide bonds. The first-order chi connectivity index (χ1) is 18.3. The third kappa shape index (κ3) is 7.89. The van der Waals surface area contributed by atoms with Crippen LogP contribution >= 0.6 is 11.3 Å². The summed E-state index contributed by atoms with van der Waals surface area (Å²) >= 11 is 1.25. The Morgan fingerprint density at radius 1 is 0.950 bits per heavy atom. The number of rotatable bonds is 9. The molecule has 3 rings (SSSR count). The van der Waals surface area contributed by atoms with Crippen molar-refractivity contribution in [3.8, 4) is 5.75 Å². The number of carbonyl (C=O) groups is 1. The first kappa shape index (κ1) is 31.3. The predicted molar refractivity (Wildman–Crippen MR) is 141 cm³/mol. The van der Waals surface area contributed by atoms with Gasteiger partial charge in [-0.3, -0.25) is 0 Å². The number of aliphatic carboxylic acids is 1. The van der Waals surface area contributed by atoms with Gasteiger partial charge in [0, 0.05) is 23.9 Å². The summed E-state index contributed by atoms with van der Waals surface area (Å²) in [7, 11) is 0. The van der Waals surface area contributed by atoms with Gasteiger partial charge in [0.2, 0.25) is 0 Å². The molecule has 40 heavy (non-hydrogen) atoms. The van der Waals surface area contributed by atoms with E-state index in [1.54, 1.807) is 29.2 Å². The van der Waals surface area contributed by atoms with Crippen LogP contribution in [0, 0.1) is 0 Å². The second-order valence-electron chi connectivity index (χ2n) is 10.9. The number of alkyl halides is 6. The summed E-state index contributed by atoms with van der Waals surface area (Å²) in [4.78, 5) is 17.5. The van der Waals surface area contributed by atoms with Crippen LogP contribution in [0.5, 0.6) is 5.75 Å². The Labute approximate surface area is 232 Å². The second-order valence-corrected chi connectivity index (χ2v) is 11.7. The van der Waals surface area contributed by atoms with E-state index >= 15 is 0 Å². The average molecular weight is 589 g/mol. The molecule has 5 nitrogen and oxygen atoms in total. The van der Waals surface area contributed by atoms with Crippen molar-refractivity contribution in [1.82, 2.24) is 4.98 Å². The molecule has 2 aromatic carbocycles. The van der Waals surface area contributed by atoms with Gasteiger partial charge in [-0.1, -0.05) is 39.0 Å². The van der Waals surface area contributed by atoms with Crippen molar-refractivity contribution in [2.75, 3.05) is 11.4 Å². The minimum atomic E-state index is -4.98. The van der Waals surface area contributed by atoms with Gasteiger partial charge >= 0.3 is 18.3 Å². The summed E-state index contributed by atoms with van der Waals surface area (Å²) in [5.41, 5.74) is -3.23. The van der Waals surface area contributed by atoms with Gasteiger partial charge in [0.25, 0.3) is 0 Å².